The first-order chi connectivity index (χ1) is 13.6. The Morgan fingerprint density at radius 1 is 0.857 bits per heavy atom. The second kappa shape index (κ2) is 8.07. The van der Waals surface area contributed by atoms with Crippen LogP contribution >= 0.6 is 0 Å². The zero-order valence-corrected chi connectivity index (χ0v) is 15.9. The molecule has 0 atom stereocenters. The molecule has 0 unspecified atom stereocenters. The smallest absolute Gasteiger partial charge is 0.224 e. The second-order valence-corrected chi connectivity index (χ2v) is 7.49. The van der Waals surface area contributed by atoms with Gasteiger partial charge in [-0.05, 0) is 45.0 Å². The summed E-state index contributed by atoms with van der Waals surface area (Å²) >= 11 is 0. The summed E-state index contributed by atoms with van der Waals surface area (Å²) in [6.45, 7) is 3.15. The van der Waals surface area contributed by atoms with E-state index in [1.807, 2.05) is 0 Å². The monoisotopic (exact) mass is 376 g/mol. The lowest BCUT2D eigenvalue weighted by molar-refractivity contribution is -0.116. The molecule has 1 N–H and O–H groups in total. The normalized spacial score (nSPS) is 16.4. The molecular weight excluding hydrogens is 352 g/mol. The standard InChI is InChI=1S/C23H24N2O3/c26-20(12-7-15-25-13-4-1-5-14-25)24-19-11-6-10-18-21(19)23(28)17-9-3-2-8-16(17)22(18)27/h2-3,6,8-11H,1,4-5,7,12-15H2,(H,24,26). The summed E-state index contributed by atoms with van der Waals surface area (Å²) < 4.78 is 0. The molecule has 5 heteroatoms. The van der Waals surface area contributed by atoms with Crippen LogP contribution in [0.15, 0.2) is 42.5 Å². The Labute approximate surface area is 164 Å². The van der Waals surface area contributed by atoms with Crippen molar-refractivity contribution in [3.8, 4) is 0 Å². The van der Waals surface area contributed by atoms with Gasteiger partial charge in [-0.1, -0.05) is 42.8 Å². The van der Waals surface area contributed by atoms with E-state index < -0.39 is 0 Å². The van der Waals surface area contributed by atoms with Gasteiger partial charge in [0.15, 0.2) is 11.6 Å². The molecule has 1 fully saturated rings. The van der Waals surface area contributed by atoms with Crippen molar-refractivity contribution in [3.63, 3.8) is 0 Å². The van der Waals surface area contributed by atoms with Gasteiger partial charge in [0.1, 0.15) is 0 Å². The van der Waals surface area contributed by atoms with Crippen LogP contribution in [0.1, 0.15) is 63.9 Å². The first-order valence-electron chi connectivity index (χ1n) is 9.99. The van der Waals surface area contributed by atoms with Crippen LogP contribution in [0.3, 0.4) is 0 Å². The molecule has 1 heterocycles. The van der Waals surface area contributed by atoms with Gasteiger partial charge in [-0.15, -0.1) is 0 Å². The van der Waals surface area contributed by atoms with Crippen LogP contribution in [0, 0.1) is 0 Å². The molecule has 1 amide bonds. The molecule has 5 nitrogen and oxygen atoms in total. The number of piperidine rings is 1. The maximum absolute atomic E-state index is 13.0. The maximum Gasteiger partial charge on any atom is 0.224 e. The maximum atomic E-state index is 13.0. The van der Waals surface area contributed by atoms with Crippen LogP contribution in [-0.4, -0.2) is 42.0 Å². The second-order valence-electron chi connectivity index (χ2n) is 7.49. The number of nitrogens with one attached hydrogen (secondary N) is 1. The lowest BCUT2D eigenvalue weighted by Gasteiger charge is -2.26. The molecule has 28 heavy (non-hydrogen) atoms. The average molecular weight is 376 g/mol. The largest absolute Gasteiger partial charge is 0.325 e. The van der Waals surface area contributed by atoms with Gasteiger partial charge in [0.2, 0.25) is 5.91 Å². The van der Waals surface area contributed by atoms with Crippen LogP contribution in [0.25, 0.3) is 0 Å². The molecule has 1 aliphatic heterocycles. The van der Waals surface area contributed by atoms with Gasteiger partial charge in [0, 0.05) is 23.1 Å². The minimum Gasteiger partial charge on any atom is -0.325 e. The highest BCUT2D eigenvalue weighted by atomic mass is 16.2. The third-order valence-corrected chi connectivity index (χ3v) is 5.55. The van der Waals surface area contributed by atoms with Crippen LogP contribution in [0.5, 0.6) is 0 Å². The highest BCUT2D eigenvalue weighted by molar-refractivity contribution is 6.30. The summed E-state index contributed by atoms with van der Waals surface area (Å²) in [7, 11) is 0. The number of benzene rings is 2. The Morgan fingerprint density at radius 2 is 1.54 bits per heavy atom. The fourth-order valence-corrected chi connectivity index (χ4v) is 4.11. The minimum absolute atomic E-state index is 0.121. The first-order valence-corrected chi connectivity index (χ1v) is 9.99. The topological polar surface area (TPSA) is 66.5 Å². The summed E-state index contributed by atoms with van der Waals surface area (Å²) in [6.07, 6.45) is 4.96. The predicted molar refractivity (Wildman–Crippen MR) is 108 cm³/mol. The number of nitrogens with zero attached hydrogens (tertiary/aromatic N) is 1. The molecule has 0 saturated carbocycles. The minimum atomic E-state index is -0.214. The van der Waals surface area contributed by atoms with Crippen LogP contribution in [-0.2, 0) is 4.79 Å². The van der Waals surface area contributed by atoms with E-state index in [0.717, 1.165) is 26.1 Å². The summed E-state index contributed by atoms with van der Waals surface area (Å²) in [5.74, 6) is -0.509. The Morgan fingerprint density at radius 3 is 2.29 bits per heavy atom. The molecule has 0 radical (unpaired) electrons. The number of carbonyl (C=O) groups excluding carboxylic acids is 3. The molecule has 1 saturated heterocycles. The zero-order chi connectivity index (χ0) is 19.5. The van der Waals surface area contributed by atoms with Crippen molar-refractivity contribution in [2.45, 2.75) is 32.1 Å². The highest BCUT2D eigenvalue weighted by Gasteiger charge is 2.31. The van der Waals surface area contributed by atoms with Crippen molar-refractivity contribution in [1.29, 1.82) is 0 Å². The van der Waals surface area contributed by atoms with Crippen LogP contribution in [0.2, 0.25) is 0 Å². The van der Waals surface area contributed by atoms with E-state index in [-0.39, 0.29) is 17.5 Å². The molecule has 0 spiro atoms. The number of carbonyl (C=O) groups is 3. The molecule has 1 aliphatic carbocycles. The molecule has 4 rings (SSSR count). The summed E-state index contributed by atoms with van der Waals surface area (Å²) in [5.41, 5.74) is 1.90. The fourth-order valence-electron chi connectivity index (χ4n) is 4.11. The number of hydrogen-bond acceptors (Lipinski definition) is 4. The van der Waals surface area contributed by atoms with Gasteiger partial charge in [0.05, 0.1) is 11.3 Å². The number of ketones is 2. The Hall–Kier alpha value is -2.79. The Balaban J connectivity index is 1.47. The highest BCUT2D eigenvalue weighted by Crippen LogP contribution is 2.32. The fraction of sp³-hybridized carbons (Fsp3) is 0.348. The number of rotatable bonds is 5. The van der Waals surface area contributed by atoms with E-state index in [0.29, 0.717) is 34.4 Å². The van der Waals surface area contributed by atoms with Gasteiger partial charge >= 0.3 is 0 Å². The Bertz CT molecular complexity index is 929. The quantitative estimate of drug-likeness (QED) is 0.738. The SMILES string of the molecule is O=C(CCCN1CCCCC1)Nc1cccc2c1C(=O)c1ccccc1C2=O. The number of amides is 1. The molecule has 144 valence electrons. The van der Waals surface area contributed by atoms with Crippen LogP contribution in [0.4, 0.5) is 5.69 Å². The molecule has 2 aromatic carbocycles. The summed E-state index contributed by atoms with van der Waals surface area (Å²) in [4.78, 5) is 40.6. The molecule has 2 aromatic rings. The first kappa shape index (κ1) is 18.6. The lowest BCUT2D eigenvalue weighted by atomic mass is 9.83. The van der Waals surface area contributed by atoms with E-state index >= 15 is 0 Å². The average Bonchev–Trinajstić information content (AvgIpc) is 2.73. The van der Waals surface area contributed by atoms with E-state index in [1.165, 1.54) is 19.3 Å². The van der Waals surface area contributed by atoms with Gasteiger partial charge in [0.25, 0.3) is 0 Å². The van der Waals surface area contributed by atoms with E-state index in [1.54, 1.807) is 42.5 Å². The van der Waals surface area contributed by atoms with Crippen molar-refractivity contribution >= 4 is 23.2 Å². The van der Waals surface area contributed by atoms with Crippen molar-refractivity contribution in [2.75, 3.05) is 25.0 Å². The number of anilines is 1. The van der Waals surface area contributed by atoms with Crippen molar-refractivity contribution < 1.29 is 14.4 Å². The van der Waals surface area contributed by atoms with E-state index in [9.17, 15) is 14.4 Å². The van der Waals surface area contributed by atoms with E-state index in [4.69, 9.17) is 0 Å². The number of fused-ring (bicyclic) bond motifs is 2. The lowest BCUT2D eigenvalue weighted by Crippen LogP contribution is -2.31. The Kier molecular flexibility index (Phi) is 5.35. The predicted octanol–water partition coefficient (Wildman–Crippen LogP) is 3.67. The summed E-state index contributed by atoms with van der Waals surface area (Å²) in [5, 5.41) is 2.86. The van der Waals surface area contributed by atoms with Crippen LogP contribution < -0.4 is 5.32 Å². The number of hydrogen-bond donors (Lipinski definition) is 1. The third kappa shape index (κ3) is 3.62. The van der Waals surface area contributed by atoms with Crippen molar-refractivity contribution in [2.24, 2.45) is 0 Å². The zero-order valence-electron chi connectivity index (χ0n) is 15.9. The van der Waals surface area contributed by atoms with Gasteiger partial charge < -0.3 is 10.2 Å². The van der Waals surface area contributed by atoms with Gasteiger partial charge in [-0.3, -0.25) is 14.4 Å². The molecule has 0 aromatic heterocycles. The summed E-state index contributed by atoms with van der Waals surface area (Å²) in [6, 6.07) is 11.9. The van der Waals surface area contributed by atoms with Crippen molar-refractivity contribution in [3.05, 3.63) is 64.7 Å². The molecule has 2 aliphatic rings. The molecule has 0 bridgehead atoms. The van der Waals surface area contributed by atoms with Gasteiger partial charge in [-0.25, -0.2) is 0 Å². The van der Waals surface area contributed by atoms with Gasteiger partial charge in [-0.2, -0.15) is 0 Å². The molecular formula is C23H24N2O3. The number of likely N-dealkylation sites (tertiary alicyclic amines) is 1. The third-order valence-electron chi connectivity index (χ3n) is 5.55. The van der Waals surface area contributed by atoms with E-state index in [2.05, 4.69) is 10.2 Å². The van der Waals surface area contributed by atoms with Crippen molar-refractivity contribution in [1.82, 2.24) is 4.90 Å².